The maximum Gasteiger partial charge on any atom is 0.126 e. The third-order valence-electron chi connectivity index (χ3n) is 6.83. The van der Waals surface area contributed by atoms with Gasteiger partial charge >= 0.3 is 0 Å². The molecule has 0 nitrogen and oxygen atoms in total. The van der Waals surface area contributed by atoms with E-state index in [-0.39, 0.29) is 24.9 Å². The average molecular weight is 665 g/mol. The molecular formula is C46H55F3. The van der Waals surface area contributed by atoms with Crippen LogP contribution in [0, 0.1) is 79.8 Å². The lowest BCUT2D eigenvalue weighted by Crippen LogP contribution is -1.79. The quantitative estimate of drug-likeness (QED) is 0.152. The number of hydrogen-bond donors (Lipinski definition) is 0. The van der Waals surface area contributed by atoms with E-state index in [4.69, 9.17) is 0 Å². The van der Waals surface area contributed by atoms with E-state index in [0.29, 0.717) is 5.56 Å². The van der Waals surface area contributed by atoms with E-state index >= 15 is 0 Å². The molecule has 0 unspecified atom stereocenters. The highest BCUT2D eigenvalue weighted by molar-refractivity contribution is 5.24. The third-order valence-corrected chi connectivity index (χ3v) is 6.83. The van der Waals surface area contributed by atoms with Gasteiger partial charge in [0.15, 0.2) is 0 Å². The Morgan fingerprint density at radius 2 is 0.653 bits per heavy atom. The van der Waals surface area contributed by atoms with Gasteiger partial charge in [0.2, 0.25) is 0 Å². The summed E-state index contributed by atoms with van der Waals surface area (Å²) in [5.41, 5.74) is 10.3. The van der Waals surface area contributed by atoms with Gasteiger partial charge in [0, 0.05) is 0 Å². The van der Waals surface area contributed by atoms with Gasteiger partial charge < -0.3 is 0 Å². The van der Waals surface area contributed by atoms with Crippen molar-refractivity contribution in [3.05, 3.63) is 213 Å². The maximum atomic E-state index is 12.4. The zero-order valence-corrected chi connectivity index (χ0v) is 30.0. The van der Waals surface area contributed by atoms with Crippen LogP contribution in [0.4, 0.5) is 13.2 Å². The average Bonchev–Trinajstić information content (AvgIpc) is 3.03. The Balaban J connectivity index is 0.000000563. The summed E-state index contributed by atoms with van der Waals surface area (Å²) < 4.78 is 36.9. The van der Waals surface area contributed by atoms with E-state index in [9.17, 15) is 13.2 Å². The molecule has 3 heteroatoms. The van der Waals surface area contributed by atoms with Crippen LogP contribution in [-0.4, -0.2) is 0 Å². The fourth-order valence-electron chi connectivity index (χ4n) is 3.91. The largest absolute Gasteiger partial charge is 0.207 e. The second kappa shape index (κ2) is 25.2. The normalized spacial score (nSPS) is 9.06. The molecule has 0 saturated carbocycles. The molecule has 260 valence electrons. The lowest BCUT2D eigenvalue weighted by Gasteiger charge is -1.94. The minimum Gasteiger partial charge on any atom is -0.207 e. The molecule has 0 heterocycles. The summed E-state index contributed by atoms with van der Waals surface area (Å²) in [4.78, 5) is 0. The fraction of sp³-hybridized carbons (Fsp3) is 0.217. The van der Waals surface area contributed by atoms with Crippen LogP contribution in [0.5, 0.6) is 0 Å². The Labute approximate surface area is 295 Å². The Hall–Kier alpha value is -4.89. The van der Waals surface area contributed by atoms with Gasteiger partial charge in [-0.3, -0.25) is 0 Å². The van der Waals surface area contributed by atoms with Gasteiger partial charge in [0.05, 0.1) is 0 Å². The second-order valence-corrected chi connectivity index (χ2v) is 11.7. The molecule has 0 fully saturated rings. The summed E-state index contributed by atoms with van der Waals surface area (Å²) in [5.74, 6) is -0.440. The van der Waals surface area contributed by atoms with Crippen LogP contribution in [0.15, 0.2) is 146 Å². The van der Waals surface area contributed by atoms with Crippen molar-refractivity contribution < 1.29 is 13.2 Å². The van der Waals surface area contributed by atoms with Crippen LogP contribution >= 0.6 is 0 Å². The van der Waals surface area contributed by atoms with Gasteiger partial charge in [0.25, 0.3) is 0 Å². The number of halogens is 3. The smallest absolute Gasteiger partial charge is 0.126 e. The van der Waals surface area contributed by atoms with Gasteiger partial charge in [-0.25, -0.2) is 13.2 Å². The van der Waals surface area contributed by atoms with Gasteiger partial charge in [0.1, 0.15) is 17.5 Å². The van der Waals surface area contributed by atoms with Gasteiger partial charge in [-0.1, -0.05) is 139 Å². The van der Waals surface area contributed by atoms with E-state index in [2.05, 4.69) is 95.3 Å². The zero-order valence-electron chi connectivity index (χ0n) is 30.0. The van der Waals surface area contributed by atoms with Crippen molar-refractivity contribution in [3.8, 4) is 0 Å². The van der Waals surface area contributed by atoms with Crippen LogP contribution in [0.1, 0.15) is 57.5 Å². The lowest BCUT2D eigenvalue weighted by atomic mass is 10.1. The first-order valence-corrected chi connectivity index (χ1v) is 16.0. The predicted molar refractivity (Wildman–Crippen MR) is 208 cm³/mol. The van der Waals surface area contributed by atoms with E-state index in [1.54, 1.807) is 25.1 Å². The summed E-state index contributed by atoms with van der Waals surface area (Å²) in [6.45, 7) is 17.9. The Bertz CT molecular complexity index is 1550. The summed E-state index contributed by atoms with van der Waals surface area (Å²) >= 11 is 0. The van der Waals surface area contributed by atoms with Crippen LogP contribution in [0.2, 0.25) is 0 Å². The first-order chi connectivity index (χ1) is 22.8. The van der Waals surface area contributed by atoms with Crippen molar-refractivity contribution in [1.29, 1.82) is 0 Å². The molecule has 0 atom stereocenters. The van der Waals surface area contributed by atoms with Crippen LogP contribution in [-0.2, 0) is 0 Å². The first kappa shape index (κ1) is 44.1. The zero-order chi connectivity index (χ0) is 35.9. The molecule has 6 aromatic rings. The number of hydrogen-bond acceptors (Lipinski definition) is 0. The van der Waals surface area contributed by atoms with E-state index in [1.807, 2.05) is 57.2 Å². The molecule has 49 heavy (non-hydrogen) atoms. The fourth-order valence-corrected chi connectivity index (χ4v) is 3.91. The lowest BCUT2D eigenvalue weighted by molar-refractivity contribution is 0.618. The molecule has 0 saturated heterocycles. The molecule has 0 radical (unpaired) electrons. The highest BCUT2D eigenvalue weighted by Gasteiger charge is 1.91. The van der Waals surface area contributed by atoms with E-state index in [1.165, 1.54) is 58.1 Å². The van der Waals surface area contributed by atoms with Crippen molar-refractivity contribution in [3.63, 3.8) is 0 Å². The van der Waals surface area contributed by atoms with E-state index < -0.39 is 0 Å². The number of benzene rings is 6. The third kappa shape index (κ3) is 22.3. The summed E-state index contributed by atoms with van der Waals surface area (Å²) in [6, 6.07) is 45.3. The summed E-state index contributed by atoms with van der Waals surface area (Å²) in [7, 11) is 0. The standard InChI is InChI=1S/C8H9F.2C8H10.2C7H7F.C7H8.CH4/c1-6-3-7(2)5-8(9)4-6;1-7-3-5-8(2)6-4-7;1-7-5-3-4-6-8(7)2;1-6-3-2-4-7(8)5-6;1-6-4-2-3-5-7(6)8;1-7-5-3-2-4-6-7;/h3-5H,1-2H3;2*3-6H,1-2H3;2*2-5H,1H3;2-6H,1H3;1H4. The molecule has 0 aliphatic heterocycles. The SMILES string of the molecule is C.Cc1cc(C)cc(F)c1.Cc1ccc(C)cc1.Cc1cccc(F)c1.Cc1ccccc1.Cc1ccccc1C.Cc1ccccc1F. The van der Waals surface area contributed by atoms with Crippen molar-refractivity contribution >= 4 is 0 Å². The highest BCUT2D eigenvalue weighted by atomic mass is 19.1. The molecule has 0 aromatic heterocycles. The molecule has 0 aliphatic carbocycles. The molecule has 0 bridgehead atoms. The molecule has 6 rings (SSSR count). The van der Waals surface area contributed by atoms with Gasteiger partial charge in [-0.05, 0) is 126 Å². The monoisotopic (exact) mass is 664 g/mol. The topological polar surface area (TPSA) is 0 Å². The van der Waals surface area contributed by atoms with Crippen LogP contribution in [0.3, 0.4) is 0 Å². The van der Waals surface area contributed by atoms with Gasteiger partial charge in [-0.2, -0.15) is 0 Å². The summed E-state index contributed by atoms with van der Waals surface area (Å²) in [5, 5.41) is 0. The molecule has 6 aromatic carbocycles. The highest BCUT2D eigenvalue weighted by Crippen LogP contribution is 2.06. The van der Waals surface area contributed by atoms with Crippen molar-refractivity contribution in [2.45, 2.75) is 69.7 Å². The maximum absolute atomic E-state index is 12.4. The van der Waals surface area contributed by atoms with Gasteiger partial charge in [-0.15, -0.1) is 0 Å². The Morgan fingerprint density at radius 1 is 0.286 bits per heavy atom. The summed E-state index contributed by atoms with van der Waals surface area (Å²) in [6.07, 6.45) is 0. The number of rotatable bonds is 0. The molecule has 0 N–H and O–H groups in total. The second-order valence-electron chi connectivity index (χ2n) is 11.7. The van der Waals surface area contributed by atoms with Crippen molar-refractivity contribution in [2.75, 3.05) is 0 Å². The van der Waals surface area contributed by atoms with Crippen LogP contribution in [0.25, 0.3) is 0 Å². The minimum atomic E-state index is -0.162. The minimum absolute atomic E-state index is 0. The van der Waals surface area contributed by atoms with E-state index in [0.717, 1.165) is 16.7 Å². The molecule has 0 spiro atoms. The van der Waals surface area contributed by atoms with Crippen molar-refractivity contribution in [1.82, 2.24) is 0 Å². The molecule has 0 aliphatic rings. The first-order valence-electron chi connectivity index (χ1n) is 16.0. The van der Waals surface area contributed by atoms with Crippen molar-refractivity contribution in [2.24, 2.45) is 0 Å². The number of aryl methyl sites for hydroxylation is 9. The molecular weight excluding hydrogens is 610 g/mol. The molecule has 0 amide bonds. The Kier molecular flexibility index (Phi) is 22.7. The van der Waals surface area contributed by atoms with Crippen LogP contribution < -0.4 is 0 Å². The Morgan fingerprint density at radius 3 is 0.939 bits per heavy atom. The predicted octanol–water partition coefficient (Wildman–Crippen LogP) is 13.9.